The van der Waals surface area contributed by atoms with Crippen molar-refractivity contribution in [3.63, 3.8) is 0 Å². The number of rotatable bonds is 6. The summed E-state index contributed by atoms with van der Waals surface area (Å²) in [6.45, 7) is 8.66. The smallest absolute Gasteiger partial charge is 0.126 e. The summed E-state index contributed by atoms with van der Waals surface area (Å²) in [5, 5.41) is 21.4. The monoisotopic (exact) mass is 478 g/mol. The van der Waals surface area contributed by atoms with Gasteiger partial charge in [-0.25, -0.2) is 0 Å². The van der Waals surface area contributed by atoms with Crippen molar-refractivity contribution in [2.45, 2.75) is 33.4 Å². The number of phenolic OH excluding ortho intramolecular Hbond substituents is 2. The number of hydrogen-bond acceptors (Lipinski definition) is 4. The van der Waals surface area contributed by atoms with Crippen molar-refractivity contribution < 1.29 is 10.2 Å². The highest BCUT2D eigenvalue weighted by molar-refractivity contribution is 5.73. The van der Waals surface area contributed by atoms with Crippen LogP contribution in [0.1, 0.15) is 28.7 Å². The summed E-state index contributed by atoms with van der Waals surface area (Å²) in [7, 11) is 0. The van der Waals surface area contributed by atoms with Crippen LogP contribution in [0.5, 0.6) is 11.5 Å². The van der Waals surface area contributed by atoms with Gasteiger partial charge in [-0.3, -0.25) is 9.80 Å². The molecule has 0 aromatic heterocycles. The van der Waals surface area contributed by atoms with E-state index >= 15 is 0 Å². The van der Waals surface area contributed by atoms with Crippen LogP contribution < -0.4 is 0 Å². The maximum atomic E-state index is 10.7. The first-order valence-corrected chi connectivity index (χ1v) is 12.7. The highest BCUT2D eigenvalue weighted by Gasteiger charge is 2.20. The number of benzene rings is 4. The van der Waals surface area contributed by atoms with E-state index < -0.39 is 0 Å². The molecule has 0 unspecified atom stereocenters. The molecular formula is C32H34N2O2. The van der Waals surface area contributed by atoms with Crippen LogP contribution >= 0.6 is 0 Å². The molecule has 1 heterocycles. The number of phenols is 2. The Morgan fingerprint density at radius 1 is 0.611 bits per heavy atom. The molecule has 184 valence electrons. The molecular weight excluding hydrogens is 444 g/mol. The highest BCUT2D eigenvalue weighted by atomic mass is 16.3. The number of hydrogen-bond donors (Lipinski definition) is 2. The van der Waals surface area contributed by atoms with E-state index in [9.17, 15) is 10.2 Å². The second kappa shape index (κ2) is 10.6. The van der Waals surface area contributed by atoms with Gasteiger partial charge >= 0.3 is 0 Å². The van der Waals surface area contributed by atoms with E-state index in [1.54, 1.807) is 0 Å². The van der Waals surface area contributed by atoms with Gasteiger partial charge in [-0.05, 0) is 65.8 Å². The lowest BCUT2D eigenvalue weighted by Crippen LogP contribution is -2.43. The molecule has 0 spiro atoms. The van der Waals surface area contributed by atoms with Gasteiger partial charge in [0.25, 0.3) is 0 Å². The lowest BCUT2D eigenvalue weighted by Gasteiger charge is -2.36. The molecule has 1 aliphatic rings. The SMILES string of the molecule is Cc1cc(CN2CCCN(Cc3cc(C)c(O)c(-c4ccccc4)c3)C2)cc(-c2ccccc2)c1O. The summed E-state index contributed by atoms with van der Waals surface area (Å²) in [4.78, 5) is 4.96. The first kappa shape index (κ1) is 24.1. The first-order chi connectivity index (χ1) is 17.5. The number of nitrogens with zero attached hydrogens (tertiary/aromatic N) is 2. The van der Waals surface area contributed by atoms with Crippen molar-refractivity contribution in [3.8, 4) is 33.8 Å². The lowest BCUT2D eigenvalue weighted by molar-refractivity contribution is 0.0746. The standard InChI is InChI=1S/C32H34N2O2/c1-23-16-25(18-29(31(23)35)27-10-5-3-6-11-27)20-33-14-9-15-34(22-33)21-26-17-24(2)32(36)30(19-26)28-12-7-4-8-13-28/h3-8,10-13,16-19,35-36H,9,14-15,20-22H2,1-2H3. The molecule has 0 bridgehead atoms. The summed E-state index contributed by atoms with van der Waals surface area (Å²) < 4.78 is 0. The van der Waals surface area contributed by atoms with Crippen molar-refractivity contribution in [2.24, 2.45) is 0 Å². The van der Waals surface area contributed by atoms with Gasteiger partial charge in [-0.1, -0.05) is 72.8 Å². The van der Waals surface area contributed by atoms with Gasteiger partial charge in [0.05, 0.1) is 6.67 Å². The van der Waals surface area contributed by atoms with E-state index in [1.165, 1.54) is 11.1 Å². The second-order valence-corrected chi connectivity index (χ2v) is 9.95. The minimum absolute atomic E-state index is 0.363. The Kier molecular flexibility index (Phi) is 7.08. The maximum Gasteiger partial charge on any atom is 0.126 e. The average Bonchev–Trinajstić information content (AvgIpc) is 2.89. The minimum atomic E-state index is 0.363. The Morgan fingerprint density at radius 2 is 1.03 bits per heavy atom. The van der Waals surface area contributed by atoms with Crippen LogP contribution in [-0.2, 0) is 13.1 Å². The van der Waals surface area contributed by atoms with Crippen LogP contribution in [0, 0.1) is 13.8 Å². The van der Waals surface area contributed by atoms with Crippen LogP contribution in [-0.4, -0.2) is 39.8 Å². The molecule has 0 atom stereocenters. The fourth-order valence-electron chi connectivity index (χ4n) is 5.28. The fraction of sp³-hybridized carbons (Fsp3) is 0.250. The first-order valence-electron chi connectivity index (χ1n) is 12.7. The molecule has 1 saturated heterocycles. The average molecular weight is 479 g/mol. The zero-order valence-electron chi connectivity index (χ0n) is 21.1. The molecule has 1 fully saturated rings. The van der Waals surface area contributed by atoms with Gasteiger partial charge in [-0.15, -0.1) is 0 Å². The van der Waals surface area contributed by atoms with Crippen molar-refractivity contribution in [2.75, 3.05) is 19.8 Å². The molecule has 0 saturated carbocycles. The van der Waals surface area contributed by atoms with Crippen molar-refractivity contribution in [3.05, 3.63) is 107 Å². The third-order valence-electron chi connectivity index (χ3n) is 7.05. The zero-order chi connectivity index (χ0) is 25.1. The van der Waals surface area contributed by atoms with E-state index in [0.717, 1.165) is 72.6 Å². The largest absolute Gasteiger partial charge is 0.507 e. The van der Waals surface area contributed by atoms with Crippen LogP contribution in [0.25, 0.3) is 22.3 Å². The minimum Gasteiger partial charge on any atom is -0.507 e. The topological polar surface area (TPSA) is 46.9 Å². The van der Waals surface area contributed by atoms with E-state index in [2.05, 4.69) is 34.1 Å². The Labute approximate surface area is 214 Å². The summed E-state index contributed by atoms with van der Waals surface area (Å²) in [6.07, 6.45) is 1.12. The molecule has 0 radical (unpaired) electrons. The Morgan fingerprint density at radius 3 is 1.44 bits per heavy atom. The molecule has 0 aliphatic carbocycles. The second-order valence-electron chi connectivity index (χ2n) is 9.95. The molecule has 36 heavy (non-hydrogen) atoms. The Balaban J connectivity index is 1.32. The molecule has 4 aromatic carbocycles. The predicted octanol–water partition coefficient (Wildman–Crippen LogP) is 6.71. The van der Waals surface area contributed by atoms with E-state index in [4.69, 9.17) is 0 Å². The molecule has 4 aromatic rings. The summed E-state index contributed by atoms with van der Waals surface area (Å²) >= 11 is 0. The van der Waals surface area contributed by atoms with Crippen LogP contribution in [0.2, 0.25) is 0 Å². The summed E-state index contributed by atoms with van der Waals surface area (Å²) in [6, 6.07) is 28.7. The summed E-state index contributed by atoms with van der Waals surface area (Å²) in [5.74, 6) is 0.726. The number of aromatic hydroxyl groups is 2. The molecule has 5 rings (SSSR count). The van der Waals surface area contributed by atoms with E-state index in [-0.39, 0.29) is 0 Å². The zero-order valence-corrected chi connectivity index (χ0v) is 21.1. The lowest BCUT2D eigenvalue weighted by atomic mass is 9.98. The predicted molar refractivity (Wildman–Crippen MR) is 147 cm³/mol. The fourth-order valence-corrected chi connectivity index (χ4v) is 5.28. The molecule has 1 aliphatic heterocycles. The highest BCUT2D eigenvalue weighted by Crippen LogP contribution is 2.35. The molecule has 2 N–H and O–H groups in total. The van der Waals surface area contributed by atoms with Crippen molar-refractivity contribution in [1.29, 1.82) is 0 Å². The van der Waals surface area contributed by atoms with E-state index in [0.29, 0.717) is 11.5 Å². The van der Waals surface area contributed by atoms with Crippen molar-refractivity contribution in [1.82, 2.24) is 9.80 Å². The van der Waals surface area contributed by atoms with Gasteiger partial charge in [0.1, 0.15) is 11.5 Å². The van der Waals surface area contributed by atoms with Gasteiger partial charge in [0.15, 0.2) is 0 Å². The van der Waals surface area contributed by atoms with E-state index in [1.807, 2.05) is 74.5 Å². The van der Waals surface area contributed by atoms with Gasteiger partial charge in [0.2, 0.25) is 0 Å². The Bertz CT molecular complexity index is 1230. The van der Waals surface area contributed by atoms with Gasteiger partial charge < -0.3 is 10.2 Å². The third kappa shape index (κ3) is 5.30. The summed E-state index contributed by atoms with van der Waals surface area (Å²) in [5.41, 5.74) is 8.13. The van der Waals surface area contributed by atoms with Crippen LogP contribution in [0.15, 0.2) is 84.9 Å². The van der Waals surface area contributed by atoms with Gasteiger partial charge in [-0.2, -0.15) is 0 Å². The quantitative estimate of drug-likeness (QED) is 0.323. The third-order valence-corrected chi connectivity index (χ3v) is 7.05. The van der Waals surface area contributed by atoms with Crippen LogP contribution in [0.3, 0.4) is 0 Å². The maximum absolute atomic E-state index is 10.7. The van der Waals surface area contributed by atoms with Gasteiger partial charge in [0, 0.05) is 37.3 Å². The molecule has 4 heteroatoms. The molecule has 0 amide bonds. The number of aryl methyl sites for hydroxylation is 2. The van der Waals surface area contributed by atoms with Crippen molar-refractivity contribution >= 4 is 0 Å². The van der Waals surface area contributed by atoms with Crippen LogP contribution in [0.4, 0.5) is 0 Å². The normalized spacial score (nSPS) is 14.7. The Hall–Kier alpha value is -3.60. The molecule has 4 nitrogen and oxygen atoms in total.